The molecular formula is C24H16O2. The van der Waals surface area contributed by atoms with Crippen molar-refractivity contribution < 1.29 is 10.2 Å². The van der Waals surface area contributed by atoms with Gasteiger partial charge in [0, 0.05) is 10.6 Å². The first kappa shape index (κ1) is 13.4. The zero-order chi connectivity index (χ0) is 17.2. The SMILES string of the molecule is OC1=c2ccc3c4c5c6c(ccc7ccc(c(c24)c76)C1O)CCC=5CC=3. The molecular weight excluding hydrogens is 320 g/mol. The van der Waals surface area contributed by atoms with E-state index in [0.29, 0.717) is 0 Å². The molecule has 2 heteroatoms. The van der Waals surface area contributed by atoms with Gasteiger partial charge in [-0.15, -0.1) is 0 Å². The lowest BCUT2D eigenvalue weighted by atomic mass is 9.77. The third-order valence-electron chi connectivity index (χ3n) is 6.74. The molecule has 2 nitrogen and oxygen atoms in total. The van der Waals surface area contributed by atoms with Gasteiger partial charge in [-0.1, -0.05) is 48.0 Å². The Morgan fingerprint density at radius 2 is 1.69 bits per heavy atom. The first-order valence-electron chi connectivity index (χ1n) is 9.30. The van der Waals surface area contributed by atoms with Crippen molar-refractivity contribution in [1.29, 1.82) is 0 Å². The van der Waals surface area contributed by atoms with E-state index in [2.05, 4.69) is 30.3 Å². The van der Waals surface area contributed by atoms with Crippen LogP contribution in [0.4, 0.5) is 0 Å². The highest BCUT2D eigenvalue weighted by Crippen LogP contribution is 2.41. The molecule has 1 unspecified atom stereocenters. The second kappa shape index (κ2) is 4.11. The molecule has 0 saturated heterocycles. The highest BCUT2D eigenvalue weighted by Gasteiger charge is 2.28. The third-order valence-corrected chi connectivity index (χ3v) is 6.74. The van der Waals surface area contributed by atoms with Crippen molar-refractivity contribution in [1.82, 2.24) is 0 Å². The molecule has 2 N–H and O–H groups in total. The summed E-state index contributed by atoms with van der Waals surface area (Å²) in [5.41, 5.74) is 3.77. The number of hydrogen-bond acceptors (Lipinski definition) is 2. The van der Waals surface area contributed by atoms with Gasteiger partial charge in [-0.25, -0.2) is 0 Å². The van der Waals surface area contributed by atoms with Gasteiger partial charge >= 0.3 is 0 Å². The molecule has 3 aliphatic rings. The summed E-state index contributed by atoms with van der Waals surface area (Å²) in [7, 11) is 0. The highest BCUT2D eigenvalue weighted by molar-refractivity contribution is 6.25. The van der Waals surface area contributed by atoms with Crippen LogP contribution in [0.15, 0.2) is 36.4 Å². The number of aliphatic hydroxyl groups is 2. The Morgan fingerprint density at radius 3 is 2.62 bits per heavy atom. The van der Waals surface area contributed by atoms with Crippen LogP contribution in [0.5, 0.6) is 0 Å². The minimum atomic E-state index is -0.947. The largest absolute Gasteiger partial charge is 0.509 e. The van der Waals surface area contributed by atoms with Gasteiger partial charge in [-0.2, -0.15) is 0 Å². The smallest absolute Gasteiger partial charge is 0.137 e. The normalized spacial score (nSPS) is 20.0. The minimum Gasteiger partial charge on any atom is -0.509 e. The summed E-state index contributed by atoms with van der Waals surface area (Å²) in [6.45, 7) is 0. The Labute approximate surface area is 149 Å². The lowest BCUT2D eigenvalue weighted by Crippen LogP contribution is -2.30. The molecule has 0 amide bonds. The predicted molar refractivity (Wildman–Crippen MR) is 105 cm³/mol. The minimum absolute atomic E-state index is 0.0813. The molecule has 3 aliphatic carbocycles. The molecule has 0 saturated carbocycles. The fourth-order valence-corrected chi connectivity index (χ4v) is 5.62. The predicted octanol–water partition coefficient (Wildman–Crippen LogP) is 2.86. The highest BCUT2D eigenvalue weighted by atomic mass is 16.3. The van der Waals surface area contributed by atoms with E-state index in [0.717, 1.165) is 40.8 Å². The van der Waals surface area contributed by atoms with E-state index in [1.54, 1.807) is 0 Å². The van der Waals surface area contributed by atoms with Gasteiger partial charge in [0.1, 0.15) is 11.9 Å². The topological polar surface area (TPSA) is 40.5 Å². The first-order valence-corrected chi connectivity index (χ1v) is 9.30. The number of aliphatic hydroxyl groups excluding tert-OH is 2. The molecule has 7 rings (SSSR count). The lowest BCUT2D eigenvalue weighted by molar-refractivity contribution is 0.200. The Kier molecular flexibility index (Phi) is 2.11. The van der Waals surface area contributed by atoms with Gasteiger partial charge in [0.05, 0.1) is 0 Å². The van der Waals surface area contributed by atoms with Crippen LogP contribution in [0.3, 0.4) is 0 Å². The number of rotatable bonds is 0. The van der Waals surface area contributed by atoms with E-state index in [4.69, 9.17) is 0 Å². The summed E-state index contributed by atoms with van der Waals surface area (Å²) < 4.78 is 0. The molecule has 0 fully saturated rings. The number of aryl methyl sites for hydroxylation is 1. The molecule has 1 atom stereocenters. The van der Waals surface area contributed by atoms with Gasteiger partial charge in [-0.05, 0) is 67.8 Å². The van der Waals surface area contributed by atoms with Crippen molar-refractivity contribution in [2.75, 3.05) is 0 Å². The Balaban J connectivity index is 2.05. The van der Waals surface area contributed by atoms with E-state index >= 15 is 0 Å². The quantitative estimate of drug-likeness (QED) is 0.383. The van der Waals surface area contributed by atoms with Crippen LogP contribution in [0.2, 0.25) is 0 Å². The van der Waals surface area contributed by atoms with Crippen molar-refractivity contribution in [2.45, 2.75) is 25.4 Å². The molecule has 4 aromatic carbocycles. The summed E-state index contributed by atoms with van der Waals surface area (Å²) in [6, 6.07) is 12.7. The maximum atomic E-state index is 10.8. The summed E-state index contributed by atoms with van der Waals surface area (Å²) in [5, 5.41) is 32.4. The molecule has 26 heavy (non-hydrogen) atoms. The van der Waals surface area contributed by atoms with Crippen LogP contribution < -0.4 is 15.7 Å². The van der Waals surface area contributed by atoms with E-state index < -0.39 is 6.10 Å². The van der Waals surface area contributed by atoms with Crippen LogP contribution in [-0.2, 0) is 6.42 Å². The van der Waals surface area contributed by atoms with E-state index in [-0.39, 0.29) is 5.76 Å². The summed E-state index contributed by atoms with van der Waals surface area (Å²) in [6.07, 6.45) is 4.60. The summed E-state index contributed by atoms with van der Waals surface area (Å²) in [4.78, 5) is 0. The molecule has 0 bridgehead atoms. The number of hydrogen-bond donors (Lipinski definition) is 2. The van der Waals surface area contributed by atoms with E-state index in [1.165, 1.54) is 43.1 Å². The van der Waals surface area contributed by atoms with Crippen LogP contribution in [0.25, 0.3) is 49.7 Å². The zero-order valence-corrected chi connectivity index (χ0v) is 14.1. The van der Waals surface area contributed by atoms with Gasteiger partial charge in [0.2, 0.25) is 0 Å². The average molecular weight is 336 g/mol. The standard InChI is InChI=1S/C24H16O2/c25-23-15-9-7-13-5-3-11-1-2-12-4-6-14-8-10-16(24(23)26)22-20(14)18(12)17(11)19(13)21(15)22/h3,5-10,23,25-26H,1-2,4H2. The monoisotopic (exact) mass is 336 g/mol. The van der Waals surface area contributed by atoms with Gasteiger partial charge in [-0.3, -0.25) is 0 Å². The van der Waals surface area contributed by atoms with Gasteiger partial charge < -0.3 is 10.2 Å². The van der Waals surface area contributed by atoms with Gasteiger partial charge in [0.15, 0.2) is 0 Å². The molecule has 4 aromatic rings. The maximum Gasteiger partial charge on any atom is 0.137 e. The second-order valence-electron chi connectivity index (χ2n) is 7.85. The second-order valence-corrected chi connectivity index (χ2v) is 7.85. The third kappa shape index (κ3) is 1.27. The molecule has 0 aliphatic heterocycles. The number of benzene rings is 4. The Morgan fingerprint density at radius 1 is 0.808 bits per heavy atom. The fraction of sp³-hybridized carbons (Fsp3) is 0.167. The van der Waals surface area contributed by atoms with Crippen LogP contribution >= 0.6 is 0 Å². The van der Waals surface area contributed by atoms with Crippen LogP contribution in [0, 0.1) is 0 Å². The van der Waals surface area contributed by atoms with E-state index in [1.807, 2.05) is 12.1 Å². The molecule has 0 aromatic heterocycles. The lowest BCUT2D eigenvalue weighted by Gasteiger charge is -2.27. The Bertz CT molecular complexity index is 1520. The van der Waals surface area contributed by atoms with E-state index in [9.17, 15) is 10.2 Å². The van der Waals surface area contributed by atoms with Crippen LogP contribution in [0.1, 0.15) is 30.1 Å². The Hall–Kier alpha value is -2.84. The van der Waals surface area contributed by atoms with Crippen molar-refractivity contribution in [3.63, 3.8) is 0 Å². The van der Waals surface area contributed by atoms with Crippen molar-refractivity contribution in [2.24, 2.45) is 0 Å². The maximum absolute atomic E-state index is 10.8. The molecule has 0 heterocycles. The van der Waals surface area contributed by atoms with Crippen molar-refractivity contribution in [3.05, 3.63) is 63.2 Å². The summed E-state index contributed by atoms with van der Waals surface area (Å²) >= 11 is 0. The van der Waals surface area contributed by atoms with Crippen LogP contribution in [-0.4, -0.2) is 10.2 Å². The van der Waals surface area contributed by atoms with Crippen molar-refractivity contribution >= 4 is 49.7 Å². The average Bonchev–Trinajstić information content (AvgIpc) is 2.69. The molecule has 124 valence electrons. The molecule has 0 spiro atoms. The van der Waals surface area contributed by atoms with Crippen molar-refractivity contribution in [3.8, 4) is 0 Å². The zero-order valence-electron chi connectivity index (χ0n) is 14.1. The molecule has 0 radical (unpaired) electrons. The summed E-state index contributed by atoms with van der Waals surface area (Å²) in [5.74, 6) is 0.0813. The first-order chi connectivity index (χ1) is 12.7. The van der Waals surface area contributed by atoms with Gasteiger partial charge in [0.25, 0.3) is 0 Å². The fourth-order valence-electron chi connectivity index (χ4n) is 5.62.